The molecule has 1 saturated heterocycles. The molecule has 2 fully saturated rings. The average molecular weight is 290 g/mol. The van der Waals surface area contributed by atoms with Gasteiger partial charge in [-0.15, -0.1) is 0 Å². The Hall–Kier alpha value is -1.13. The van der Waals surface area contributed by atoms with Crippen LogP contribution in [0, 0.1) is 0 Å². The van der Waals surface area contributed by atoms with E-state index in [9.17, 15) is 0 Å². The second-order valence-electron chi connectivity index (χ2n) is 6.34. The minimum atomic E-state index is 0.0979. The maximum absolute atomic E-state index is 6.15. The molecule has 2 aliphatic rings. The van der Waals surface area contributed by atoms with Crippen LogP contribution in [0.3, 0.4) is 0 Å². The molecule has 1 atom stereocenters. The van der Waals surface area contributed by atoms with E-state index in [1.807, 2.05) is 25.4 Å². The molecule has 0 aromatic carbocycles. The number of hydrogen-bond acceptors (Lipinski definition) is 4. The van der Waals surface area contributed by atoms with E-state index in [1.54, 1.807) is 0 Å². The minimum Gasteiger partial charge on any atom is -0.489 e. The molecule has 1 aliphatic heterocycles. The number of pyridine rings is 1. The molecule has 2 heterocycles. The first kappa shape index (κ1) is 14.8. The van der Waals surface area contributed by atoms with Gasteiger partial charge in [0.1, 0.15) is 11.9 Å². The highest BCUT2D eigenvalue weighted by Gasteiger charge is 2.39. The Kier molecular flexibility index (Phi) is 4.76. The summed E-state index contributed by atoms with van der Waals surface area (Å²) in [6.07, 6.45) is 10.5. The highest BCUT2D eigenvalue weighted by Crippen LogP contribution is 2.39. The summed E-state index contributed by atoms with van der Waals surface area (Å²) < 4.78 is 12.3. The van der Waals surface area contributed by atoms with E-state index < -0.39 is 0 Å². The van der Waals surface area contributed by atoms with E-state index in [0.717, 1.165) is 37.4 Å². The van der Waals surface area contributed by atoms with Crippen molar-refractivity contribution in [1.82, 2.24) is 10.3 Å². The molecule has 0 radical (unpaired) electrons. The summed E-state index contributed by atoms with van der Waals surface area (Å²) in [5, 5.41) is 3.10. The van der Waals surface area contributed by atoms with Crippen molar-refractivity contribution in [3.05, 3.63) is 24.0 Å². The SMILES string of the molecule is CNCc1ccc(OC2CCOC3(CCCCC3)C2)cn1. The lowest BCUT2D eigenvalue weighted by Crippen LogP contribution is -2.45. The molecule has 1 N–H and O–H groups in total. The van der Waals surface area contributed by atoms with E-state index >= 15 is 0 Å². The van der Waals surface area contributed by atoms with Gasteiger partial charge in [0.15, 0.2) is 0 Å². The number of nitrogens with zero attached hydrogens (tertiary/aromatic N) is 1. The van der Waals surface area contributed by atoms with Gasteiger partial charge in [0, 0.05) is 19.4 Å². The fourth-order valence-electron chi connectivity index (χ4n) is 3.59. The minimum absolute atomic E-state index is 0.0979. The number of nitrogens with one attached hydrogen (secondary N) is 1. The molecule has 21 heavy (non-hydrogen) atoms. The van der Waals surface area contributed by atoms with Crippen LogP contribution in [0.1, 0.15) is 50.6 Å². The quantitative estimate of drug-likeness (QED) is 0.925. The van der Waals surface area contributed by atoms with E-state index in [-0.39, 0.29) is 11.7 Å². The van der Waals surface area contributed by atoms with Crippen LogP contribution in [0.25, 0.3) is 0 Å². The Morgan fingerprint density at radius 3 is 2.90 bits per heavy atom. The zero-order valence-electron chi connectivity index (χ0n) is 12.9. The summed E-state index contributed by atoms with van der Waals surface area (Å²) in [6.45, 7) is 1.62. The van der Waals surface area contributed by atoms with Gasteiger partial charge in [-0.3, -0.25) is 4.98 Å². The molecule has 1 saturated carbocycles. The van der Waals surface area contributed by atoms with Crippen LogP contribution in [-0.2, 0) is 11.3 Å². The summed E-state index contributed by atoms with van der Waals surface area (Å²) in [5.41, 5.74) is 1.14. The monoisotopic (exact) mass is 290 g/mol. The topological polar surface area (TPSA) is 43.4 Å². The van der Waals surface area contributed by atoms with Crippen LogP contribution in [0.15, 0.2) is 18.3 Å². The van der Waals surface area contributed by atoms with Crippen LogP contribution in [0.5, 0.6) is 5.75 Å². The predicted octanol–water partition coefficient (Wildman–Crippen LogP) is 3.06. The molecule has 1 aromatic heterocycles. The lowest BCUT2D eigenvalue weighted by atomic mass is 9.79. The third kappa shape index (κ3) is 3.74. The highest BCUT2D eigenvalue weighted by atomic mass is 16.5. The summed E-state index contributed by atoms with van der Waals surface area (Å²) in [5.74, 6) is 0.882. The normalized spacial score (nSPS) is 24.9. The zero-order chi connectivity index (χ0) is 14.5. The molecular formula is C17H26N2O2. The first-order valence-corrected chi connectivity index (χ1v) is 8.20. The van der Waals surface area contributed by atoms with Gasteiger partial charge in [-0.25, -0.2) is 0 Å². The van der Waals surface area contributed by atoms with Crippen molar-refractivity contribution in [1.29, 1.82) is 0 Å². The summed E-state index contributed by atoms with van der Waals surface area (Å²) in [4.78, 5) is 4.42. The van der Waals surface area contributed by atoms with Gasteiger partial charge in [0.2, 0.25) is 0 Å². The van der Waals surface area contributed by atoms with Gasteiger partial charge in [-0.2, -0.15) is 0 Å². The second kappa shape index (κ2) is 6.75. The van der Waals surface area contributed by atoms with Gasteiger partial charge in [0.25, 0.3) is 0 Å². The third-order valence-electron chi connectivity index (χ3n) is 4.67. The zero-order valence-corrected chi connectivity index (χ0v) is 12.9. The molecular weight excluding hydrogens is 264 g/mol. The van der Waals surface area contributed by atoms with E-state index in [1.165, 1.54) is 32.1 Å². The van der Waals surface area contributed by atoms with Crippen LogP contribution in [0.4, 0.5) is 0 Å². The Labute approximate surface area is 127 Å². The Bertz CT molecular complexity index is 435. The van der Waals surface area contributed by atoms with Crippen molar-refractivity contribution in [2.45, 2.75) is 63.2 Å². The fourth-order valence-corrected chi connectivity index (χ4v) is 3.59. The lowest BCUT2D eigenvalue weighted by molar-refractivity contribution is -0.129. The molecule has 0 amide bonds. The molecule has 1 aliphatic carbocycles. The molecule has 0 bridgehead atoms. The molecule has 1 aromatic rings. The number of ether oxygens (including phenoxy) is 2. The Balaban J connectivity index is 1.59. The van der Waals surface area contributed by atoms with Crippen LogP contribution >= 0.6 is 0 Å². The second-order valence-corrected chi connectivity index (χ2v) is 6.34. The van der Waals surface area contributed by atoms with Crippen molar-refractivity contribution in [2.75, 3.05) is 13.7 Å². The average Bonchev–Trinajstić information content (AvgIpc) is 2.50. The Morgan fingerprint density at radius 2 is 2.19 bits per heavy atom. The third-order valence-corrected chi connectivity index (χ3v) is 4.67. The van der Waals surface area contributed by atoms with Gasteiger partial charge < -0.3 is 14.8 Å². The van der Waals surface area contributed by atoms with Crippen molar-refractivity contribution < 1.29 is 9.47 Å². The van der Waals surface area contributed by atoms with Crippen molar-refractivity contribution in [2.24, 2.45) is 0 Å². The van der Waals surface area contributed by atoms with Crippen LogP contribution in [0.2, 0.25) is 0 Å². The van der Waals surface area contributed by atoms with E-state index in [0.29, 0.717) is 0 Å². The maximum Gasteiger partial charge on any atom is 0.138 e. The summed E-state index contributed by atoms with van der Waals surface area (Å²) in [6, 6.07) is 4.06. The van der Waals surface area contributed by atoms with Crippen LogP contribution < -0.4 is 10.1 Å². The molecule has 3 rings (SSSR count). The Morgan fingerprint density at radius 1 is 1.33 bits per heavy atom. The summed E-state index contributed by atoms with van der Waals surface area (Å²) in [7, 11) is 1.93. The fraction of sp³-hybridized carbons (Fsp3) is 0.706. The van der Waals surface area contributed by atoms with Crippen molar-refractivity contribution in [3.8, 4) is 5.75 Å². The smallest absolute Gasteiger partial charge is 0.138 e. The van der Waals surface area contributed by atoms with Gasteiger partial charge in [-0.05, 0) is 32.0 Å². The van der Waals surface area contributed by atoms with E-state index in [2.05, 4.69) is 10.3 Å². The van der Waals surface area contributed by atoms with Crippen molar-refractivity contribution in [3.63, 3.8) is 0 Å². The standard InChI is InChI=1S/C17H26N2O2/c1-18-12-14-5-6-16(13-19-14)21-15-7-10-20-17(11-15)8-3-2-4-9-17/h5-6,13,15,18H,2-4,7-12H2,1H3. The highest BCUT2D eigenvalue weighted by molar-refractivity contribution is 5.20. The molecule has 1 spiro atoms. The molecule has 4 heteroatoms. The maximum atomic E-state index is 6.15. The van der Waals surface area contributed by atoms with E-state index in [4.69, 9.17) is 9.47 Å². The molecule has 4 nitrogen and oxygen atoms in total. The first-order chi connectivity index (χ1) is 10.3. The predicted molar refractivity (Wildman–Crippen MR) is 82.4 cm³/mol. The van der Waals surface area contributed by atoms with Gasteiger partial charge in [-0.1, -0.05) is 19.3 Å². The lowest BCUT2D eigenvalue weighted by Gasteiger charge is -2.43. The summed E-state index contributed by atoms with van der Waals surface area (Å²) >= 11 is 0. The largest absolute Gasteiger partial charge is 0.489 e. The van der Waals surface area contributed by atoms with Gasteiger partial charge in [0.05, 0.1) is 24.1 Å². The first-order valence-electron chi connectivity index (χ1n) is 8.20. The molecule has 116 valence electrons. The van der Waals surface area contributed by atoms with Crippen LogP contribution in [-0.4, -0.2) is 30.3 Å². The van der Waals surface area contributed by atoms with Gasteiger partial charge >= 0.3 is 0 Å². The van der Waals surface area contributed by atoms with Crippen molar-refractivity contribution >= 4 is 0 Å². The number of aromatic nitrogens is 1. The molecule has 1 unspecified atom stereocenters. The number of hydrogen-bond donors (Lipinski definition) is 1. The number of rotatable bonds is 4.